The third-order valence-electron chi connectivity index (χ3n) is 6.69. The number of ether oxygens (including phenoxy) is 2. The van der Waals surface area contributed by atoms with Gasteiger partial charge in [0, 0.05) is 6.54 Å². The van der Waals surface area contributed by atoms with Gasteiger partial charge in [0.2, 0.25) is 5.91 Å². The number of rotatable bonds is 7. The van der Waals surface area contributed by atoms with Crippen LogP contribution in [-0.4, -0.2) is 41.1 Å². The molecule has 1 aliphatic heterocycles. The van der Waals surface area contributed by atoms with Gasteiger partial charge in [-0.25, -0.2) is 4.98 Å². The molecule has 8 nitrogen and oxygen atoms in total. The molecule has 1 unspecified atom stereocenters. The number of benzene rings is 3. The molecule has 0 radical (unpaired) electrons. The Morgan fingerprint density at radius 1 is 1.03 bits per heavy atom. The molecule has 1 aliphatic rings. The molecule has 0 saturated heterocycles. The lowest BCUT2D eigenvalue weighted by molar-refractivity contribution is -0.118. The van der Waals surface area contributed by atoms with Gasteiger partial charge in [0.15, 0.2) is 11.5 Å². The molecule has 0 spiro atoms. The number of amides is 1. The molecule has 36 heavy (non-hydrogen) atoms. The minimum atomic E-state index is -0.587. The summed E-state index contributed by atoms with van der Waals surface area (Å²) in [6.07, 6.45) is 0.784. The van der Waals surface area contributed by atoms with Crippen molar-refractivity contribution in [2.75, 3.05) is 20.8 Å². The summed E-state index contributed by atoms with van der Waals surface area (Å²) in [5, 5.41) is 0.461. The fourth-order valence-electron chi connectivity index (χ4n) is 5.03. The van der Waals surface area contributed by atoms with Crippen molar-refractivity contribution in [2.24, 2.45) is 5.73 Å². The standard InChI is InChI=1S/C28H28N4O4/c1-35-23-14-19-12-13-31(27(18-8-4-3-5-9-18)21(19)15-24(23)36-2)17-26-30-22-11-7-6-10-20(22)28(34)32(26)16-25(29)33/h3-11,14-15,27H,12-13,16-17H2,1-2H3,(H2,29,33). The van der Waals surface area contributed by atoms with Crippen LogP contribution < -0.4 is 20.8 Å². The van der Waals surface area contributed by atoms with E-state index in [0.29, 0.717) is 34.8 Å². The first-order chi connectivity index (χ1) is 17.5. The van der Waals surface area contributed by atoms with E-state index in [0.717, 1.165) is 24.1 Å². The van der Waals surface area contributed by atoms with Crippen LogP contribution in [0.3, 0.4) is 0 Å². The van der Waals surface area contributed by atoms with Gasteiger partial charge in [-0.1, -0.05) is 42.5 Å². The Balaban J connectivity index is 1.64. The molecule has 2 heterocycles. The molecule has 2 N–H and O–H groups in total. The molecule has 5 rings (SSSR count). The van der Waals surface area contributed by atoms with Crippen molar-refractivity contribution < 1.29 is 14.3 Å². The third-order valence-corrected chi connectivity index (χ3v) is 6.69. The predicted octanol–water partition coefficient (Wildman–Crippen LogP) is 3.05. The third kappa shape index (κ3) is 4.31. The van der Waals surface area contributed by atoms with Crippen molar-refractivity contribution >= 4 is 16.8 Å². The van der Waals surface area contributed by atoms with Crippen LogP contribution in [0.15, 0.2) is 71.5 Å². The van der Waals surface area contributed by atoms with Gasteiger partial charge < -0.3 is 15.2 Å². The van der Waals surface area contributed by atoms with E-state index in [-0.39, 0.29) is 18.1 Å². The zero-order valence-corrected chi connectivity index (χ0v) is 20.3. The molecular weight excluding hydrogens is 456 g/mol. The average molecular weight is 485 g/mol. The summed E-state index contributed by atoms with van der Waals surface area (Å²) < 4.78 is 12.6. The second kappa shape index (κ2) is 9.83. The van der Waals surface area contributed by atoms with Crippen molar-refractivity contribution in [3.63, 3.8) is 0 Å². The molecule has 0 bridgehead atoms. The van der Waals surface area contributed by atoms with Gasteiger partial charge in [0.25, 0.3) is 5.56 Å². The Labute approximate surface area is 208 Å². The van der Waals surface area contributed by atoms with Crippen LogP contribution in [0.1, 0.15) is 28.6 Å². The number of nitrogens with two attached hydrogens (primary N) is 1. The maximum atomic E-state index is 13.3. The summed E-state index contributed by atoms with van der Waals surface area (Å²) in [5.74, 6) is 1.27. The smallest absolute Gasteiger partial charge is 0.261 e. The number of fused-ring (bicyclic) bond motifs is 2. The van der Waals surface area contributed by atoms with E-state index in [4.69, 9.17) is 20.2 Å². The van der Waals surface area contributed by atoms with Gasteiger partial charge in [-0.3, -0.25) is 19.1 Å². The molecule has 0 fully saturated rings. The van der Waals surface area contributed by atoms with Crippen molar-refractivity contribution in [2.45, 2.75) is 25.6 Å². The molecule has 8 heteroatoms. The van der Waals surface area contributed by atoms with E-state index in [1.54, 1.807) is 26.4 Å². The summed E-state index contributed by atoms with van der Waals surface area (Å²) >= 11 is 0. The molecule has 4 aromatic rings. The number of hydrogen-bond donors (Lipinski definition) is 1. The number of aromatic nitrogens is 2. The number of carbonyl (C=O) groups excluding carboxylic acids is 1. The number of methoxy groups -OCH3 is 2. The minimum Gasteiger partial charge on any atom is -0.493 e. The Bertz CT molecular complexity index is 1480. The number of hydrogen-bond acceptors (Lipinski definition) is 6. The fourth-order valence-corrected chi connectivity index (χ4v) is 5.03. The summed E-state index contributed by atoms with van der Waals surface area (Å²) in [6, 6.07) is 21.3. The number of nitrogens with zero attached hydrogens (tertiary/aromatic N) is 3. The topological polar surface area (TPSA) is 99.7 Å². The van der Waals surface area contributed by atoms with Crippen LogP contribution in [0.5, 0.6) is 11.5 Å². The predicted molar refractivity (Wildman–Crippen MR) is 137 cm³/mol. The summed E-state index contributed by atoms with van der Waals surface area (Å²) in [5.41, 5.74) is 9.23. The largest absolute Gasteiger partial charge is 0.493 e. The van der Waals surface area contributed by atoms with Crippen LogP contribution in [0, 0.1) is 0 Å². The SMILES string of the molecule is COc1cc2c(cc1OC)C(c1ccccc1)N(Cc1nc3ccccc3c(=O)n1CC(N)=O)CC2. The normalized spacial score (nSPS) is 15.4. The lowest BCUT2D eigenvalue weighted by Gasteiger charge is -2.38. The van der Waals surface area contributed by atoms with E-state index >= 15 is 0 Å². The Kier molecular flexibility index (Phi) is 6.43. The second-order valence-electron chi connectivity index (χ2n) is 8.84. The fraction of sp³-hybridized carbons (Fsp3) is 0.250. The Morgan fingerprint density at radius 3 is 2.44 bits per heavy atom. The lowest BCUT2D eigenvalue weighted by Crippen LogP contribution is -2.39. The van der Waals surface area contributed by atoms with Crippen molar-refractivity contribution in [1.29, 1.82) is 0 Å². The zero-order valence-electron chi connectivity index (χ0n) is 20.3. The summed E-state index contributed by atoms with van der Waals surface area (Å²) in [4.78, 5) is 32.2. The maximum absolute atomic E-state index is 13.3. The van der Waals surface area contributed by atoms with Crippen molar-refractivity contribution in [3.8, 4) is 11.5 Å². The highest BCUT2D eigenvalue weighted by Crippen LogP contribution is 2.41. The first kappa shape index (κ1) is 23.6. The van der Waals surface area contributed by atoms with E-state index in [1.807, 2.05) is 42.5 Å². The number of primary amides is 1. The van der Waals surface area contributed by atoms with Crippen molar-refractivity contribution in [1.82, 2.24) is 14.5 Å². The van der Waals surface area contributed by atoms with Crippen molar-refractivity contribution in [3.05, 3.63) is 99.6 Å². The number of para-hydroxylation sites is 1. The van der Waals surface area contributed by atoms with E-state index < -0.39 is 5.91 Å². The van der Waals surface area contributed by atoms with Gasteiger partial charge in [0.1, 0.15) is 12.4 Å². The Morgan fingerprint density at radius 2 is 1.72 bits per heavy atom. The van der Waals surface area contributed by atoms with Gasteiger partial charge in [0.05, 0.1) is 37.7 Å². The monoisotopic (exact) mass is 484 g/mol. The maximum Gasteiger partial charge on any atom is 0.261 e. The van der Waals surface area contributed by atoms with Crippen LogP contribution in [0.4, 0.5) is 0 Å². The van der Waals surface area contributed by atoms with E-state index in [9.17, 15) is 9.59 Å². The summed E-state index contributed by atoms with van der Waals surface area (Å²) in [7, 11) is 3.27. The van der Waals surface area contributed by atoms with E-state index in [2.05, 4.69) is 17.0 Å². The second-order valence-corrected chi connectivity index (χ2v) is 8.84. The molecule has 184 valence electrons. The molecule has 0 saturated carbocycles. The highest BCUT2D eigenvalue weighted by atomic mass is 16.5. The highest BCUT2D eigenvalue weighted by Gasteiger charge is 2.31. The zero-order chi connectivity index (χ0) is 25.2. The Hall–Kier alpha value is -4.17. The number of carbonyl (C=O) groups is 1. The van der Waals surface area contributed by atoms with Gasteiger partial charge in [-0.2, -0.15) is 0 Å². The van der Waals surface area contributed by atoms with Gasteiger partial charge >= 0.3 is 0 Å². The minimum absolute atomic E-state index is 0.111. The molecule has 1 aromatic heterocycles. The molecule has 1 atom stereocenters. The van der Waals surface area contributed by atoms with Gasteiger partial charge in [-0.15, -0.1) is 0 Å². The molecule has 1 amide bonds. The molecular formula is C28H28N4O4. The van der Waals surface area contributed by atoms with Gasteiger partial charge in [-0.05, 0) is 47.4 Å². The van der Waals surface area contributed by atoms with Crippen LogP contribution >= 0.6 is 0 Å². The molecule has 0 aliphatic carbocycles. The molecule has 3 aromatic carbocycles. The van der Waals surface area contributed by atoms with Crippen LogP contribution in [0.2, 0.25) is 0 Å². The lowest BCUT2D eigenvalue weighted by atomic mass is 9.87. The quantitative estimate of drug-likeness (QED) is 0.433. The summed E-state index contributed by atoms with van der Waals surface area (Å²) in [6.45, 7) is 0.861. The first-order valence-corrected chi connectivity index (χ1v) is 11.8. The van der Waals surface area contributed by atoms with Crippen LogP contribution in [0.25, 0.3) is 10.9 Å². The average Bonchev–Trinajstić information content (AvgIpc) is 2.90. The first-order valence-electron chi connectivity index (χ1n) is 11.8. The van der Waals surface area contributed by atoms with Crippen LogP contribution in [-0.2, 0) is 24.3 Å². The highest BCUT2D eigenvalue weighted by molar-refractivity contribution is 5.78. The van der Waals surface area contributed by atoms with E-state index in [1.165, 1.54) is 10.1 Å².